The van der Waals surface area contributed by atoms with Crippen LogP contribution in [-0.4, -0.2) is 5.96 Å². The largest absolute Gasteiger partial charge is 0.369 e. The van der Waals surface area contributed by atoms with E-state index in [0.29, 0.717) is 15.6 Å². The fourth-order valence-electron chi connectivity index (χ4n) is 1.32. The van der Waals surface area contributed by atoms with Crippen LogP contribution in [0.3, 0.4) is 0 Å². The Morgan fingerprint density at radius 2 is 1.80 bits per heavy atom. The molecule has 1 aliphatic heterocycles. The second-order valence-electron chi connectivity index (χ2n) is 3.17. The molecule has 0 radical (unpaired) electrons. The predicted molar refractivity (Wildman–Crippen MR) is 60.2 cm³/mol. The number of hydrogen-bond donors (Lipinski definition) is 4. The molecule has 1 aliphatic rings. The lowest BCUT2D eigenvalue weighted by molar-refractivity contribution is 0.375. The second kappa shape index (κ2) is 3.53. The van der Waals surface area contributed by atoms with Gasteiger partial charge in [0.2, 0.25) is 11.7 Å². The van der Waals surface area contributed by atoms with Gasteiger partial charge in [0.05, 0.1) is 0 Å². The Bertz CT molecular complexity index is 413. The average molecular weight is 246 g/mol. The van der Waals surface area contributed by atoms with Gasteiger partial charge in [-0.15, -0.1) is 0 Å². The standard InChI is InChI=1S/C8H9Cl2N5/c9-5-1-4(2-6(10)3-5)8(12)13-7(11)14-15-8/h1-3,15H,12H2,(H3,11,13,14). The molecule has 1 atom stereocenters. The Morgan fingerprint density at radius 1 is 1.20 bits per heavy atom. The van der Waals surface area contributed by atoms with Crippen molar-refractivity contribution >= 4 is 29.2 Å². The molecule has 0 saturated heterocycles. The van der Waals surface area contributed by atoms with E-state index in [1.165, 1.54) is 0 Å². The van der Waals surface area contributed by atoms with E-state index in [1.807, 2.05) is 0 Å². The summed E-state index contributed by atoms with van der Waals surface area (Å²) in [5, 5.41) is 0.981. The fourth-order valence-corrected chi connectivity index (χ4v) is 1.84. The van der Waals surface area contributed by atoms with E-state index >= 15 is 0 Å². The van der Waals surface area contributed by atoms with E-state index in [1.54, 1.807) is 18.2 Å². The van der Waals surface area contributed by atoms with Gasteiger partial charge >= 0.3 is 0 Å². The smallest absolute Gasteiger partial charge is 0.209 e. The third kappa shape index (κ3) is 2.00. The number of aliphatic imine (C=N–C) groups is 1. The van der Waals surface area contributed by atoms with Gasteiger partial charge in [0.1, 0.15) is 0 Å². The average Bonchev–Trinajstić information content (AvgIpc) is 2.46. The number of nitrogens with two attached hydrogens (primary N) is 2. The van der Waals surface area contributed by atoms with Crippen LogP contribution in [0.1, 0.15) is 5.56 Å². The van der Waals surface area contributed by atoms with Crippen molar-refractivity contribution < 1.29 is 0 Å². The van der Waals surface area contributed by atoms with Crippen LogP contribution in [0.25, 0.3) is 0 Å². The molecule has 1 aromatic rings. The molecule has 1 heterocycles. The highest BCUT2D eigenvalue weighted by Gasteiger charge is 2.31. The Morgan fingerprint density at radius 3 is 2.27 bits per heavy atom. The molecule has 1 aromatic carbocycles. The maximum absolute atomic E-state index is 5.95. The number of benzene rings is 1. The van der Waals surface area contributed by atoms with E-state index in [9.17, 15) is 0 Å². The van der Waals surface area contributed by atoms with E-state index in [2.05, 4.69) is 15.8 Å². The minimum atomic E-state index is -1.13. The predicted octanol–water partition coefficient (Wildman–Crippen LogP) is 0.485. The first-order valence-electron chi connectivity index (χ1n) is 4.13. The van der Waals surface area contributed by atoms with E-state index < -0.39 is 5.79 Å². The number of hydrazine groups is 1. The molecule has 1 unspecified atom stereocenters. The summed E-state index contributed by atoms with van der Waals surface area (Å²) in [7, 11) is 0. The first kappa shape index (κ1) is 10.5. The van der Waals surface area contributed by atoms with Crippen LogP contribution in [0.2, 0.25) is 10.0 Å². The summed E-state index contributed by atoms with van der Waals surface area (Å²) < 4.78 is 0. The molecule has 0 bridgehead atoms. The normalized spacial score (nSPS) is 24.9. The molecule has 0 saturated carbocycles. The molecular formula is C8H9Cl2N5. The zero-order chi connectivity index (χ0) is 11.1. The summed E-state index contributed by atoms with van der Waals surface area (Å²) in [6.45, 7) is 0. The van der Waals surface area contributed by atoms with Gasteiger partial charge in [0.15, 0.2) is 0 Å². The Kier molecular flexibility index (Phi) is 2.47. The van der Waals surface area contributed by atoms with Crippen LogP contribution < -0.4 is 22.3 Å². The van der Waals surface area contributed by atoms with Crippen molar-refractivity contribution in [1.82, 2.24) is 10.9 Å². The first-order chi connectivity index (χ1) is 6.99. The molecule has 5 nitrogen and oxygen atoms in total. The summed E-state index contributed by atoms with van der Waals surface area (Å²) in [6.07, 6.45) is 0. The molecule has 2 rings (SSSR count). The van der Waals surface area contributed by atoms with Crippen LogP contribution in [0, 0.1) is 0 Å². The molecule has 0 fully saturated rings. The molecule has 0 amide bonds. The summed E-state index contributed by atoms with van der Waals surface area (Å²) in [5.74, 6) is -0.910. The zero-order valence-electron chi connectivity index (χ0n) is 7.59. The molecule has 0 aliphatic carbocycles. The third-order valence-electron chi connectivity index (χ3n) is 1.98. The lowest BCUT2D eigenvalue weighted by Crippen LogP contribution is -2.50. The zero-order valence-corrected chi connectivity index (χ0v) is 9.10. The minimum Gasteiger partial charge on any atom is -0.369 e. The van der Waals surface area contributed by atoms with Crippen molar-refractivity contribution in [3.63, 3.8) is 0 Å². The Balaban J connectivity index is 2.45. The van der Waals surface area contributed by atoms with Gasteiger partial charge in [0, 0.05) is 15.6 Å². The van der Waals surface area contributed by atoms with Gasteiger partial charge in [0.25, 0.3) is 0 Å². The van der Waals surface area contributed by atoms with Crippen molar-refractivity contribution in [3.8, 4) is 0 Å². The van der Waals surface area contributed by atoms with Crippen molar-refractivity contribution in [3.05, 3.63) is 33.8 Å². The second-order valence-corrected chi connectivity index (χ2v) is 4.04. The van der Waals surface area contributed by atoms with Crippen molar-refractivity contribution in [1.29, 1.82) is 0 Å². The molecule has 15 heavy (non-hydrogen) atoms. The van der Waals surface area contributed by atoms with E-state index in [4.69, 9.17) is 34.7 Å². The Labute approximate surface area is 96.4 Å². The first-order valence-corrected chi connectivity index (χ1v) is 4.89. The number of nitrogens with zero attached hydrogens (tertiary/aromatic N) is 1. The number of guanidine groups is 1. The van der Waals surface area contributed by atoms with Crippen LogP contribution in [0.5, 0.6) is 0 Å². The van der Waals surface area contributed by atoms with Gasteiger partial charge in [-0.1, -0.05) is 23.2 Å². The summed E-state index contributed by atoms with van der Waals surface area (Å²) in [4.78, 5) is 4.01. The van der Waals surface area contributed by atoms with Crippen LogP contribution in [0.15, 0.2) is 23.2 Å². The highest BCUT2D eigenvalue weighted by atomic mass is 35.5. The summed E-state index contributed by atoms with van der Waals surface area (Å²) in [6, 6.07) is 4.96. The van der Waals surface area contributed by atoms with E-state index in [0.717, 1.165) is 0 Å². The maximum atomic E-state index is 5.95. The molecule has 6 N–H and O–H groups in total. The van der Waals surface area contributed by atoms with Crippen molar-refractivity contribution in [2.45, 2.75) is 5.79 Å². The van der Waals surface area contributed by atoms with Crippen LogP contribution >= 0.6 is 23.2 Å². The highest BCUT2D eigenvalue weighted by molar-refractivity contribution is 6.34. The molecule has 80 valence electrons. The number of hydrogen-bond acceptors (Lipinski definition) is 5. The van der Waals surface area contributed by atoms with Gasteiger partial charge in [-0.2, -0.15) is 5.43 Å². The summed E-state index contributed by atoms with van der Waals surface area (Å²) in [5.41, 5.74) is 17.4. The van der Waals surface area contributed by atoms with Crippen molar-refractivity contribution in [2.75, 3.05) is 0 Å². The monoisotopic (exact) mass is 245 g/mol. The van der Waals surface area contributed by atoms with Gasteiger partial charge in [-0.3, -0.25) is 11.2 Å². The molecule has 0 spiro atoms. The fraction of sp³-hybridized carbons (Fsp3) is 0.125. The number of rotatable bonds is 1. The highest BCUT2D eigenvalue weighted by Crippen LogP contribution is 2.26. The lowest BCUT2D eigenvalue weighted by atomic mass is 10.1. The van der Waals surface area contributed by atoms with Gasteiger partial charge in [-0.05, 0) is 18.2 Å². The number of nitrogens with one attached hydrogen (secondary N) is 2. The topological polar surface area (TPSA) is 88.5 Å². The van der Waals surface area contributed by atoms with E-state index in [-0.39, 0.29) is 5.96 Å². The van der Waals surface area contributed by atoms with Gasteiger partial charge in [-0.25, -0.2) is 4.99 Å². The third-order valence-corrected chi connectivity index (χ3v) is 2.42. The molecule has 7 heteroatoms. The van der Waals surface area contributed by atoms with Crippen LogP contribution in [0.4, 0.5) is 0 Å². The SMILES string of the molecule is NC1=NC(N)(c2cc(Cl)cc(Cl)c2)NN1. The minimum absolute atomic E-state index is 0.216. The van der Waals surface area contributed by atoms with Crippen LogP contribution in [-0.2, 0) is 5.79 Å². The number of halogens is 2. The van der Waals surface area contributed by atoms with Crippen molar-refractivity contribution in [2.24, 2.45) is 16.5 Å². The molecule has 0 aromatic heterocycles. The Hall–Kier alpha value is -1.01. The summed E-state index contributed by atoms with van der Waals surface area (Å²) >= 11 is 11.7. The molecular weight excluding hydrogens is 237 g/mol. The maximum Gasteiger partial charge on any atom is 0.209 e. The van der Waals surface area contributed by atoms with Gasteiger partial charge < -0.3 is 5.73 Å². The quantitative estimate of drug-likeness (QED) is 0.580. The lowest BCUT2D eigenvalue weighted by Gasteiger charge is -2.20.